The Labute approximate surface area is 112 Å². The summed E-state index contributed by atoms with van der Waals surface area (Å²) in [5.74, 6) is -0.984. The Morgan fingerprint density at radius 1 is 1.37 bits per heavy atom. The maximum atomic E-state index is 12.0. The van der Waals surface area contributed by atoms with Crippen LogP contribution in [0.5, 0.6) is 0 Å². The molecular weight excluding hydrogens is 244 g/mol. The fourth-order valence-corrected chi connectivity index (χ4v) is 2.47. The standard InChI is InChI=1S/C14H18N2O3/c15-12(8-13(17)18)14(19)16-7-6-11(9-16)10-4-2-1-3-5-10/h1-5,11-12H,6-9,15H2,(H,17,18). The molecule has 3 N–H and O–H groups in total. The van der Waals surface area contributed by atoms with Gasteiger partial charge in [-0.3, -0.25) is 9.59 Å². The third-order valence-electron chi connectivity index (χ3n) is 3.48. The van der Waals surface area contributed by atoms with Crippen LogP contribution in [0.1, 0.15) is 24.3 Å². The fourth-order valence-electron chi connectivity index (χ4n) is 2.47. The second kappa shape index (κ2) is 5.84. The van der Waals surface area contributed by atoms with Gasteiger partial charge in [-0.15, -0.1) is 0 Å². The zero-order chi connectivity index (χ0) is 13.8. The number of hydrogen-bond donors (Lipinski definition) is 2. The van der Waals surface area contributed by atoms with Crippen LogP contribution in [0.25, 0.3) is 0 Å². The maximum absolute atomic E-state index is 12.0. The third-order valence-corrected chi connectivity index (χ3v) is 3.48. The molecule has 1 aliphatic rings. The van der Waals surface area contributed by atoms with Gasteiger partial charge >= 0.3 is 5.97 Å². The molecule has 5 nitrogen and oxygen atoms in total. The summed E-state index contributed by atoms with van der Waals surface area (Å²) >= 11 is 0. The van der Waals surface area contributed by atoms with E-state index in [1.807, 2.05) is 18.2 Å². The molecule has 5 heteroatoms. The Morgan fingerprint density at radius 3 is 2.68 bits per heavy atom. The second-order valence-electron chi connectivity index (χ2n) is 4.88. The van der Waals surface area contributed by atoms with Crippen LogP contribution in [0.2, 0.25) is 0 Å². The molecule has 1 aliphatic heterocycles. The number of carboxylic acid groups (broad SMARTS) is 1. The summed E-state index contributed by atoms with van der Waals surface area (Å²) in [6.45, 7) is 1.27. The van der Waals surface area contributed by atoms with Crippen LogP contribution in [-0.4, -0.2) is 41.0 Å². The van der Waals surface area contributed by atoms with Crippen molar-refractivity contribution in [3.8, 4) is 0 Å². The summed E-state index contributed by atoms with van der Waals surface area (Å²) in [4.78, 5) is 24.2. The van der Waals surface area contributed by atoms with Crippen molar-refractivity contribution in [2.75, 3.05) is 13.1 Å². The van der Waals surface area contributed by atoms with E-state index >= 15 is 0 Å². The van der Waals surface area contributed by atoms with Gasteiger partial charge in [-0.25, -0.2) is 0 Å². The lowest BCUT2D eigenvalue weighted by molar-refractivity contribution is -0.141. The van der Waals surface area contributed by atoms with Crippen molar-refractivity contribution in [2.45, 2.75) is 24.8 Å². The van der Waals surface area contributed by atoms with E-state index in [1.54, 1.807) is 4.90 Å². The molecule has 2 unspecified atom stereocenters. The summed E-state index contributed by atoms with van der Waals surface area (Å²) in [6, 6.07) is 9.09. The Kier molecular flexibility index (Phi) is 4.16. The Bertz CT molecular complexity index is 461. The number of benzene rings is 1. The summed E-state index contributed by atoms with van der Waals surface area (Å²) < 4.78 is 0. The van der Waals surface area contributed by atoms with E-state index in [1.165, 1.54) is 5.56 Å². The molecule has 1 amide bonds. The van der Waals surface area contributed by atoms with E-state index in [2.05, 4.69) is 12.1 Å². The first-order chi connectivity index (χ1) is 9.08. The average molecular weight is 262 g/mol. The van der Waals surface area contributed by atoms with Gasteiger partial charge in [0, 0.05) is 19.0 Å². The van der Waals surface area contributed by atoms with Crippen LogP contribution in [0.3, 0.4) is 0 Å². The Balaban J connectivity index is 1.95. The van der Waals surface area contributed by atoms with Gasteiger partial charge in [-0.05, 0) is 12.0 Å². The molecule has 0 aliphatic carbocycles. The second-order valence-corrected chi connectivity index (χ2v) is 4.88. The van der Waals surface area contributed by atoms with E-state index in [-0.39, 0.29) is 12.3 Å². The highest BCUT2D eigenvalue weighted by molar-refractivity contribution is 5.86. The summed E-state index contributed by atoms with van der Waals surface area (Å²) in [5, 5.41) is 8.65. The molecule has 1 fully saturated rings. The molecular formula is C14H18N2O3. The van der Waals surface area contributed by atoms with Crippen molar-refractivity contribution in [2.24, 2.45) is 5.73 Å². The fraction of sp³-hybridized carbons (Fsp3) is 0.429. The highest BCUT2D eigenvalue weighted by Crippen LogP contribution is 2.27. The van der Waals surface area contributed by atoms with E-state index in [0.29, 0.717) is 19.0 Å². The molecule has 0 saturated carbocycles. The molecule has 102 valence electrons. The molecule has 1 saturated heterocycles. The predicted molar refractivity (Wildman–Crippen MR) is 70.6 cm³/mol. The average Bonchev–Trinajstić information content (AvgIpc) is 2.87. The SMILES string of the molecule is NC(CC(=O)O)C(=O)N1CCC(c2ccccc2)C1. The summed E-state index contributed by atoms with van der Waals surface area (Å²) in [6.07, 6.45) is 0.584. The zero-order valence-corrected chi connectivity index (χ0v) is 10.7. The lowest BCUT2D eigenvalue weighted by Gasteiger charge is -2.20. The number of carboxylic acids is 1. The summed E-state index contributed by atoms with van der Waals surface area (Å²) in [7, 11) is 0. The van der Waals surface area contributed by atoms with E-state index < -0.39 is 12.0 Å². The quantitative estimate of drug-likeness (QED) is 0.841. The molecule has 1 aromatic rings. The maximum Gasteiger partial charge on any atom is 0.305 e. The molecule has 2 rings (SSSR count). The highest BCUT2D eigenvalue weighted by atomic mass is 16.4. The van der Waals surface area contributed by atoms with Crippen molar-refractivity contribution < 1.29 is 14.7 Å². The molecule has 19 heavy (non-hydrogen) atoms. The first-order valence-corrected chi connectivity index (χ1v) is 6.39. The van der Waals surface area contributed by atoms with Gasteiger partial charge in [0.1, 0.15) is 0 Å². The number of aliphatic carboxylic acids is 1. The first kappa shape index (κ1) is 13.5. The molecule has 0 radical (unpaired) electrons. The van der Waals surface area contributed by atoms with E-state index in [9.17, 15) is 9.59 Å². The van der Waals surface area contributed by atoms with Gasteiger partial charge in [0.25, 0.3) is 0 Å². The number of amides is 1. The lowest BCUT2D eigenvalue weighted by Crippen LogP contribution is -2.43. The number of carbonyl (C=O) groups excluding carboxylic acids is 1. The van der Waals surface area contributed by atoms with Crippen molar-refractivity contribution in [3.05, 3.63) is 35.9 Å². The van der Waals surface area contributed by atoms with Crippen molar-refractivity contribution >= 4 is 11.9 Å². The highest BCUT2D eigenvalue weighted by Gasteiger charge is 2.30. The van der Waals surface area contributed by atoms with Gasteiger partial charge in [-0.1, -0.05) is 30.3 Å². The van der Waals surface area contributed by atoms with Gasteiger partial charge in [0.05, 0.1) is 12.5 Å². The van der Waals surface area contributed by atoms with Gasteiger partial charge in [0.15, 0.2) is 0 Å². The topological polar surface area (TPSA) is 83.6 Å². The minimum atomic E-state index is -1.04. The zero-order valence-electron chi connectivity index (χ0n) is 10.7. The van der Waals surface area contributed by atoms with Crippen molar-refractivity contribution in [1.82, 2.24) is 4.90 Å². The summed E-state index contributed by atoms with van der Waals surface area (Å²) in [5.41, 5.74) is 6.82. The van der Waals surface area contributed by atoms with Crippen molar-refractivity contribution in [3.63, 3.8) is 0 Å². The number of hydrogen-bond acceptors (Lipinski definition) is 3. The molecule has 0 aromatic heterocycles. The van der Waals surface area contributed by atoms with Crippen LogP contribution in [0.15, 0.2) is 30.3 Å². The monoisotopic (exact) mass is 262 g/mol. The van der Waals surface area contributed by atoms with E-state index in [0.717, 1.165) is 6.42 Å². The normalized spacial score (nSPS) is 20.3. The number of rotatable bonds is 4. The minimum absolute atomic E-state index is 0.263. The van der Waals surface area contributed by atoms with E-state index in [4.69, 9.17) is 10.8 Å². The van der Waals surface area contributed by atoms with Crippen LogP contribution in [0.4, 0.5) is 0 Å². The van der Waals surface area contributed by atoms with Crippen LogP contribution in [0, 0.1) is 0 Å². The molecule has 0 bridgehead atoms. The number of nitrogens with two attached hydrogens (primary N) is 1. The van der Waals surface area contributed by atoms with Gasteiger partial charge in [-0.2, -0.15) is 0 Å². The van der Waals surface area contributed by atoms with Crippen molar-refractivity contribution in [1.29, 1.82) is 0 Å². The number of likely N-dealkylation sites (tertiary alicyclic amines) is 1. The predicted octanol–water partition coefficient (Wildman–Crippen LogP) is 0.804. The smallest absolute Gasteiger partial charge is 0.305 e. The largest absolute Gasteiger partial charge is 0.481 e. The van der Waals surface area contributed by atoms with Crippen LogP contribution >= 0.6 is 0 Å². The minimum Gasteiger partial charge on any atom is -0.481 e. The Morgan fingerprint density at radius 2 is 2.05 bits per heavy atom. The molecule has 2 atom stereocenters. The van der Waals surface area contributed by atoms with Gasteiger partial charge in [0.2, 0.25) is 5.91 Å². The number of carbonyl (C=O) groups is 2. The van der Waals surface area contributed by atoms with Gasteiger partial charge < -0.3 is 15.7 Å². The lowest BCUT2D eigenvalue weighted by atomic mass is 9.99. The molecule has 1 aromatic carbocycles. The Hall–Kier alpha value is -1.88. The third kappa shape index (κ3) is 3.32. The molecule has 0 spiro atoms. The first-order valence-electron chi connectivity index (χ1n) is 6.39. The molecule has 1 heterocycles. The van der Waals surface area contributed by atoms with Crippen LogP contribution in [-0.2, 0) is 9.59 Å². The number of nitrogens with zero attached hydrogens (tertiary/aromatic N) is 1. The van der Waals surface area contributed by atoms with Crippen LogP contribution < -0.4 is 5.73 Å².